The molecule has 0 fully saturated rings. The molecule has 0 saturated heterocycles. The molecule has 0 saturated carbocycles. The molecule has 3 rings (SSSR count). The molecule has 2 aromatic carbocycles. The van der Waals surface area contributed by atoms with Crippen molar-refractivity contribution in [2.45, 2.75) is 65.5 Å². The Morgan fingerprint density at radius 3 is 2.50 bits per heavy atom. The molecule has 0 aliphatic carbocycles. The Hall–Kier alpha value is -2.82. The van der Waals surface area contributed by atoms with Crippen molar-refractivity contribution in [2.24, 2.45) is 0 Å². The van der Waals surface area contributed by atoms with Crippen molar-refractivity contribution in [3.8, 4) is 5.75 Å². The SMILES string of the molecule is CCC(=O)NC(C)c1nc2ccccc2n1CCCOc1ccc(C(C)(C)C)cc1. The number of carbonyl (C=O) groups excluding carboxylic acids is 1. The van der Waals surface area contributed by atoms with Gasteiger partial charge >= 0.3 is 0 Å². The van der Waals surface area contributed by atoms with Gasteiger partial charge in [0.2, 0.25) is 5.91 Å². The van der Waals surface area contributed by atoms with E-state index in [1.54, 1.807) is 0 Å². The summed E-state index contributed by atoms with van der Waals surface area (Å²) < 4.78 is 8.16. The third-order valence-corrected chi connectivity index (χ3v) is 5.29. The van der Waals surface area contributed by atoms with Crippen LogP contribution in [0.2, 0.25) is 0 Å². The zero-order valence-corrected chi connectivity index (χ0v) is 18.7. The van der Waals surface area contributed by atoms with Crippen LogP contribution in [0.1, 0.15) is 64.9 Å². The molecular formula is C25H33N3O2. The molecule has 30 heavy (non-hydrogen) atoms. The van der Waals surface area contributed by atoms with Crippen molar-refractivity contribution < 1.29 is 9.53 Å². The fraction of sp³-hybridized carbons (Fsp3) is 0.440. The number of fused-ring (bicyclic) bond motifs is 1. The topological polar surface area (TPSA) is 56.2 Å². The molecular weight excluding hydrogens is 374 g/mol. The fourth-order valence-corrected chi connectivity index (χ4v) is 3.53. The summed E-state index contributed by atoms with van der Waals surface area (Å²) in [6.45, 7) is 11.9. The van der Waals surface area contributed by atoms with Crippen LogP contribution in [0.3, 0.4) is 0 Å². The lowest BCUT2D eigenvalue weighted by molar-refractivity contribution is -0.121. The van der Waals surface area contributed by atoms with E-state index in [2.05, 4.69) is 48.9 Å². The summed E-state index contributed by atoms with van der Waals surface area (Å²) >= 11 is 0. The average Bonchev–Trinajstić information content (AvgIpc) is 3.09. The number of benzene rings is 2. The van der Waals surface area contributed by atoms with Crippen molar-refractivity contribution in [1.82, 2.24) is 14.9 Å². The summed E-state index contributed by atoms with van der Waals surface area (Å²) in [4.78, 5) is 16.6. The van der Waals surface area contributed by atoms with E-state index in [-0.39, 0.29) is 17.4 Å². The van der Waals surface area contributed by atoms with Gasteiger partial charge in [-0.15, -0.1) is 0 Å². The van der Waals surface area contributed by atoms with Gasteiger partial charge in [-0.25, -0.2) is 4.98 Å². The first-order valence-corrected chi connectivity index (χ1v) is 10.8. The molecule has 1 atom stereocenters. The largest absolute Gasteiger partial charge is 0.494 e. The van der Waals surface area contributed by atoms with Crippen LogP contribution in [0, 0.1) is 0 Å². The van der Waals surface area contributed by atoms with E-state index < -0.39 is 0 Å². The number of imidazole rings is 1. The van der Waals surface area contributed by atoms with E-state index in [9.17, 15) is 4.79 Å². The quantitative estimate of drug-likeness (QED) is 0.509. The molecule has 1 amide bonds. The zero-order chi connectivity index (χ0) is 21.7. The van der Waals surface area contributed by atoms with E-state index in [0.717, 1.165) is 35.6 Å². The second-order valence-corrected chi connectivity index (χ2v) is 8.73. The molecule has 0 radical (unpaired) electrons. The molecule has 0 aliphatic rings. The summed E-state index contributed by atoms with van der Waals surface area (Å²) in [5, 5.41) is 3.03. The number of rotatable bonds is 8. The predicted molar refractivity (Wildman–Crippen MR) is 122 cm³/mol. The van der Waals surface area contributed by atoms with Crippen molar-refractivity contribution in [3.63, 3.8) is 0 Å². The highest BCUT2D eigenvalue weighted by Gasteiger charge is 2.18. The van der Waals surface area contributed by atoms with Gasteiger partial charge < -0.3 is 14.6 Å². The van der Waals surface area contributed by atoms with Crippen molar-refractivity contribution in [2.75, 3.05) is 6.61 Å². The van der Waals surface area contributed by atoms with Crippen LogP contribution in [-0.2, 0) is 16.8 Å². The van der Waals surface area contributed by atoms with Crippen LogP contribution >= 0.6 is 0 Å². The van der Waals surface area contributed by atoms with E-state index in [0.29, 0.717) is 13.0 Å². The Kier molecular flexibility index (Phi) is 6.80. The fourth-order valence-electron chi connectivity index (χ4n) is 3.53. The molecule has 5 nitrogen and oxygen atoms in total. The van der Waals surface area contributed by atoms with Gasteiger partial charge in [-0.2, -0.15) is 0 Å². The number of nitrogens with one attached hydrogen (secondary N) is 1. The Balaban J connectivity index is 1.66. The Labute approximate surface area is 179 Å². The number of carbonyl (C=O) groups is 1. The highest BCUT2D eigenvalue weighted by Crippen LogP contribution is 2.25. The predicted octanol–water partition coefficient (Wildman–Crippen LogP) is 5.39. The number of aromatic nitrogens is 2. The van der Waals surface area contributed by atoms with Crippen LogP contribution in [0.15, 0.2) is 48.5 Å². The standard InChI is InChI=1S/C25H33N3O2/c1-6-23(29)26-18(2)24-27-21-10-7-8-11-22(21)28(24)16-9-17-30-20-14-12-19(13-15-20)25(3,4)5/h7-8,10-15,18H,6,9,16-17H2,1-5H3,(H,26,29). The maximum atomic E-state index is 11.9. The molecule has 0 aliphatic heterocycles. The number of amides is 1. The van der Waals surface area contributed by atoms with Crippen molar-refractivity contribution >= 4 is 16.9 Å². The summed E-state index contributed by atoms with van der Waals surface area (Å²) in [5.41, 5.74) is 3.47. The summed E-state index contributed by atoms with van der Waals surface area (Å²) in [7, 11) is 0. The number of hydrogen-bond acceptors (Lipinski definition) is 3. The zero-order valence-electron chi connectivity index (χ0n) is 18.7. The first kappa shape index (κ1) is 21.9. The Bertz CT molecular complexity index is 984. The molecule has 0 spiro atoms. The summed E-state index contributed by atoms with van der Waals surface area (Å²) in [5.74, 6) is 1.80. The number of ether oxygens (including phenoxy) is 1. The monoisotopic (exact) mass is 407 g/mol. The van der Waals surface area contributed by atoms with Crippen molar-refractivity contribution in [1.29, 1.82) is 0 Å². The minimum atomic E-state index is -0.143. The number of hydrogen-bond donors (Lipinski definition) is 1. The van der Waals surface area contributed by atoms with E-state index in [1.165, 1.54) is 5.56 Å². The normalized spacial score (nSPS) is 12.7. The smallest absolute Gasteiger partial charge is 0.220 e. The highest BCUT2D eigenvalue weighted by molar-refractivity contribution is 5.77. The Morgan fingerprint density at radius 2 is 1.83 bits per heavy atom. The molecule has 3 aromatic rings. The van der Waals surface area contributed by atoms with Gasteiger partial charge in [-0.3, -0.25) is 4.79 Å². The number of nitrogens with zero attached hydrogens (tertiary/aromatic N) is 2. The molecule has 1 aromatic heterocycles. The van der Waals surface area contributed by atoms with Gasteiger partial charge in [0.1, 0.15) is 11.6 Å². The van der Waals surface area contributed by atoms with Gasteiger partial charge in [0.15, 0.2) is 0 Å². The first-order chi connectivity index (χ1) is 14.3. The number of para-hydroxylation sites is 2. The lowest BCUT2D eigenvalue weighted by Gasteiger charge is -2.19. The first-order valence-electron chi connectivity index (χ1n) is 10.8. The maximum Gasteiger partial charge on any atom is 0.220 e. The van der Waals surface area contributed by atoms with E-state index in [4.69, 9.17) is 9.72 Å². The Morgan fingerprint density at radius 1 is 1.13 bits per heavy atom. The lowest BCUT2D eigenvalue weighted by Crippen LogP contribution is -2.28. The van der Waals surface area contributed by atoms with Gasteiger partial charge in [0.25, 0.3) is 0 Å². The van der Waals surface area contributed by atoms with Gasteiger partial charge in [0, 0.05) is 13.0 Å². The summed E-state index contributed by atoms with van der Waals surface area (Å²) in [6, 6.07) is 16.3. The molecule has 1 heterocycles. The molecule has 160 valence electrons. The minimum absolute atomic E-state index is 0.0307. The van der Waals surface area contributed by atoms with Crippen LogP contribution in [0.25, 0.3) is 11.0 Å². The molecule has 1 unspecified atom stereocenters. The molecule has 0 bridgehead atoms. The van der Waals surface area contributed by atoms with E-state index >= 15 is 0 Å². The van der Waals surface area contributed by atoms with Crippen LogP contribution in [-0.4, -0.2) is 22.1 Å². The number of aryl methyl sites for hydroxylation is 1. The molecule has 5 heteroatoms. The second kappa shape index (κ2) is 9.33. The average molecular weight is 408 g/mol. The minimum Gasteiger partial charge on any atom is -0.494 e. The van der Waals surface area contributed by atoms with Gasteiger partial charge in [-0.05, 0) is 48.6 Å². The van der Waals surface area contributed by atoms with Gasteiger partial charge in [-0.1, -0.05) is 52.0 Å². The van der Waals surface area contributed by atoms with E-state index in [1.807, 2.05) is 44.2 Å². The highest BCUT2D eigenvalue weighted by atomic mass is 16.5. The lowest BCUT2D eigenvalue weighted by atomic mass is 9.87. The van der Waals surface area contributed by atoms with Crippen LogP contribution in [0.5, 0.6) is 5.75 Å². The third-order valence-electron chi connectivity index (χ3n) is 5.29. The third kappa shape index (κ3) is 5.21. The van der Waals surface area contributed by atoms with Crippen LogP contribution < -0.4 is 10.1 Å². The second-order valence-electron chi connectivity index (χ2n) is 8.73. The van der Waals surface area contributed by atoms with Crippen LogP contribution in [0.4, 0.5) is 0 Å². The van der Waals surface area contributed by atoms with Gasteiger partial charge in [0.05, 0.1) is 23.7 Å². The maximum absolute atomic E-state index is 11.9. The molecule has 1 N–H and O–H groups in total. The van der Waals surface area contributed by atoms with Crippen molar-refractivity contribution in [3.05, 3.63) is 59.9 Å². The summed E-state index contributed by atoms with van der Waals surface area (Å²) in [6.07, 6.45) is 1.31.